The first-order chi connectivity index (χ1) is 10.4. The minimum atomic E-state index is -1.17. The number of hydrogen-bond donors (Lipinski definition) is 4. The van der Waals surface area contributed by atoms with E-state index < -0.39 is 30.4 Å². The molecule has 5 N–H and O–H groups in total. The van der Waals surface area contributed by atoms with Gasteiger partial charge in [-0.15, -0.1) is 0 Å². The van der Waals surface area contributed by atoms with Gasteiger partial charge in [0.05, 0.1) is 12.5 Å². The molecule has 0 fully saturated rings. The fraction of sp³-hybridized carbons (Fsp3) is 0.800. The molecule has 3 atom stereocenters. The highest BCUT2D eigenvalue weighted by Crippen LogP contribution is 2.29. The Morgan fingerprint density at radius 2 is 1.65 bits per heavy atom. The van der Waals surface area contributed by atoms with Crippen molar-refractivity contribution in [2.75, 3.05) is 6.26 Å². The average molecular weight is 347 g/mol. The minimum Gasteiger partial charge on any atom is -0.481 e. The van der Waals surface area contributed by atoms with E-state index in [1.807, 2.05) is 20.1 Å². The normalized spacial score (nSPS) is 15.7. The van der Waals surface area contributed by atoms with Crippen molar-refractivity contribution < 1.29 is 19.5 Å². The monoisotopic (exact) mass is 347 g/mol. The number of rotatable bonds is 9. The van der Waals surface area contributed by atoms with E-state index in [0.717, 1.165) is 0 Å². The van der Waals surface area contributed by atoms with E-state index in [9.17, 15) is 14.4 Å². The maximum absolute atomic E-state index is 12.3. The summed E-state index contributed by atoms with van der Waals surface area (Å²) in [7, 11) is 0. The Bertz CT molecular complexity index is 440. The Morgan fingerprint density at radius 1 is 1.13 bits per heavy atom. The Labute approximate surface area is 142 Å². The Kier molecular flexibility index (Phi) is 8.61. The maximum Gasteiger partial charge on any atom is 0.305 e. The number of carbonyl (C=O) groups is 3. The first kappa shape index (κ1) is 21.7. The van der Waals surface area contributed by atoms with Crippen LogP contribution in [0.3, 0.4) is 0 Å². The van der Waals surface area contributed by atoms with Gasteiger partial charge in [0, 0.05) is 10.8 Å². The standard InChI is InChI=1S/C15H29N3O4S/c1-8(2)12(15(4,5)23-6)18-13(21)9(3)17-14(22)10(16)7-11(19)20/h8-10,12H,7,16H2,1-6H3,(H,17,22)(H,18,21)(H,19,20)/t9-,10+,12?/m1/s1. The molecule has 0 aliphatic rings. The lowest BCUT2D eigenvalue weighted by molar-refractivity contribution is -0.139. The highest BCUT2D eigenvalue weighted by atomic mass is 32.2. The summed E-state index contributed by atoms with van der Waals surface area (Å²) in [5.74, 6) is -1.91. The lowest BCUT2D eigenvalue weighted by atomic mass is 9.92. The second-order valence-electron chi connectivity index (χ2n) is 6.47. The zero-order valence-electron chi connectivity index (χ0n) is 14.7. The molecule has 8 heteroatoms. The van der Waals surface area contributed by atoms with Crippen LogP contribution in [-0.4, -0.2) is 52.0 Å². The fourth-order valence-corrected chi connectivity index (χ4v) is 2.80. The van der Waals surface area contributed by atoms with E-state index in [4.69, 9.17) is 10.8 Å². The van der Waals surface area contributed by atoms with Gasteiger partial charge in [-0.2, -0.15) is 11.8 Å². The smallest absolute Gasteiger partial charge is 0.305 e. The maximum atomic E-state index is 12.3. The van der Waals surface area contributed by atoms with Gasteiger partial charge in [-0.3, -0.25) is 14.4 Å². The summed E-state index contributed by atoms with van der Waals surface area (Å²) in [5, 5.41) is 14.0. The van der Waals surface area contributed by atoms with Crippen LogP contribution in [0, 0.1) is 5.92 Å². The van der Waals surface area contributed by atoms with E-state index in [-0.39, 0.29) is 22.6 Å². The Hall–Kier alpha value is -1.28. The van der Waals surface area contributed by atoms with Crippen LogP contribution in [0.4, 0.5) is 0 Å². The third-order valence-electron chi connectivity index (χ3n) is 3.72. The number of nitrogens with one attached hydrogen (secondary N) is 2. The number of hydrogen-bond acceptors (Lipinski definition) is 5. The number of nitrogens with two attached hydrogens (primary N) is 1. The second-order valence-corrected chi connectivity index (χ2v) is 7.93. The van der Waals surface area contributed by atoms with Gasteiger partial charge in [0.2, 0.25) is 11.8 Å². The van der Waals surface area contributed by atoms with Crippen molar-refractivity contribution in [2.24, 2.45) is 11.7 Å². The van der Waals surface area contributed by atoms with E-state index >= 15 is 0 Å². The first-order valence-corrected chi connectivity index (χ1v) is 8.78. The third-order valence-corrected chi connectivity index (χ3v) is 5.03. The summed E-state index contributed by atoms with van der Waals surface area (Å²) in [4.78, 5) is 34.6. The molecule has 0 bridgehead atoms. The number of carboxylic acid groups (broad SMARTS) is 1. The van der Waals surface area contributed by atoms with E-state index in [1.54, 1.807) is 18.7 Å². The van der Waals surface area contributed by atoms with Crippen molar-refractivity contribution in [3.05, 3.63) is 0 Å². The highest BCUT2D eigenvalue weighted by molar-refractivity contribution is 8.00. The van der Waals surface area contributed by atoms with E-state index in [2.05, 4.69) is 24.5 Å². The van der Waals surface area contributed by atoms with Gasteiger partial charge in [-0.1, -0.05) is 13.8 Å². The summed E-state index contributed by atoms with van der Waals surface area (Å²) in [6, 6.07) is -2.04. The van der Waals surface area contributed by atoms with Gasteiger partial charge in [-0.25, -0.2) is 0 Å². The van der Waals surface area contributed by atoms with Crippen LogP contribution in [0.1, 0.15) is 41.0 Å². The Morgan fingerprint density at radius 3 is 2.04 bits per heavy atom. The van der Waals surface area contributed by atoms with Crippen molar-refractivity contribution in [1.82, 2.24) is 10.6 Å². The molecular weight excluding hydrogens is 318 g/mol. The summed E-state index contributed by atoms with van der Waals surface area (Å²) < 4.78 is -0.159. The first-order valence-electron chi connectivity index (χ1n) is 7.55. The molecule has 0 aromatic heterocycles. The van der Waals surface area contributed by atoms with Gasteiger partial charge in [0.1, 0.15) is 6.04 Å². The number of thioether (sulfide) groups is 1. The fourth-order valence-electron chi connectivity index (χ4n) is 2.22. The molecule has 0 saturated carbocycles. The lowest BCUT2D eigenvalue weighted by Gasteiger charge is -2.37. The molecule has 0 spiro atoms. The largest absolute Gasteiger partial charge is 0.481 e. The summed E-state index contributed by atoms with van der Waals surface area (Å²) >= 11 is 1.66. The van der Waals surface area contributed by atoms with Crippen molar-refractivity contribution >= 4 is 29.5 Å². The van der Waals surface area contributed by atoms with Crippen LogP contribution in [0.15, 0.2) is 0 Å². The van der Waals surface area contributed by atoms with Crippen LogP contribution < -0.4 is 16.4 Å². The molecule has 7 nitrogen and oxygen atoms in total. The number of carboxylic acids is 1. The summed E-state index contributed by atoms with van der Waals surface area (Å²) in [6.45, 7) is 9.69. The van der Waals surface area contributed by atoms with Crippen molar-refractivity contribution in [1.29, 1.82) is 0 Å². The second kappa shape index (κ2) is 9.12. The molecule has 0 saturated heterocycles. The predicted molar refractivity (Wildman–Crippen MR) is 92.2 cm³/mol. The summed E-state index contributed by atoms with van der Waals surface area (Å²) in [5.41, 5.74) is 5.48. The molecule has 134 valence electrons. The van der Waals surface area contributed by atoms with Gasteiger partial charge in [0.15, 0.2) is 0 Å². The topological polar surface area (TPSA) is 122 Å². The van der Waals surface area contributed by atoms with Crippen LogP contribution >= 0.6 is 11.8 Å². The highest BCUT2D eigenvalue weighted by Gasteiger charge is 2.33. The summed E-state index contributed by atoms with van der Waals surface area (Å²) in [6.07, 6.45) is 1.51. The molecule has 0 aromatic carbocycles. The molecule has 1 unspecified atom stereocenters. The van der Waals surface area contributed by atoms with Crippen LogP contribution in [0.5, 0.6) is 0 Å². The molecule has 0 aromatic rings. The SMILES string of the molecule is CSC(C)(C)C(NC(=O)[C@@H](C)NC(=O)[C@@H](N)CC(=O)O)C(C)C. The molecule has 2 amide bonds. The number of amides is 2. The molecule has 0 aliphatic carbocycles. The number of carbonyl (C=O) groups excluding carboxylic acids is 2. The molecule has 0 rings (SSSR count). The quantitative estimate of drug-likeness (QED) is 0.484. The molecule has 0 aliphatic heterocycles. The van der Waals surface area contributed by atoms with Crippen molar-refractivity contribution in [3.63, 3.8) is 0 Å². The van der Waals surface area contributed by atoms with Gasteiger partial charge in [0.25, 0.3) is 0 Å². The van der Waals surface area contributed by atoms with Crippen LogP contribution in [0.2, 0.25) is 0 Å². The van der Waals surface area contributed by atoms with Gasteiger partial charge in [-0.05, 0) is 32.9 Å². The van der Waals surface area contributed by atoms with Crippen LogP contribution in [0.25, 0.3) is 0 Å². The zero-order chi connectivity index (χ0) is 18.4. The van der Waals surface area contributed by atoms with Crippen LogP contribution in [-0.2, 0) is 14.4 Å². The third kappa shape index (κ3) is 7.22. The molecule has 23 heavy (non-hydrogen) atoms. The average Bonchev–Trinajstić information content (AvgIpc) is 2.42. The molecule has 0 radical (unpaired) electrons. The molecular formula is C15H29N3O4S. The van der Waals surface area contributed by atoms with E-state index in [1.165, 1.54) is 0 Å². The minimum absolute atomic E-state index is 0.0722. The van der Waals surface area contributed by atoms with E-state index in [0.29, 0.717) is 0 Å². The zero-order valence-corrected chi connectivity index (χ0v) is 15.5. The predicted octanol–water partition coefficient (Wildman–Crippen LogP) is 0.576. The van der Waals surface area contributed by atoms with Crippen molar-refractivity contribution in [2.45, 2.75) is 63.9 Å². The van der Waals surface area contributed by atoms with Gasteiger partial charge >= 0.3 is 5.97 Å². The molecule has 0 heterocycles. The number of aliphatic carboxylic acids is 1. The van der Waals surface area contributed by atoms with Crippen molar-refractivity contribution in [3.8, 4) is 0 Å². The lowest BCUT2D eigenvalue weighted by Crippen LogP contribution is -2.56. The Balaban J connectivity index is 4.76. The van der Waals surface area contributed by atoms with Gasteiger partial charge < -0.3 is 21.5 Å².